The molecule has 3 amide bonds. The molecule has 0 unspecified atom stereocenters. The first-order valence-corrected chi connectivity index (χ1v) is 9.66. The molecule has 1 aliphatic carbocycles. The number of likely N-dealkylation sites (tertiary alicyclic amines) is 1. The van der Waals surface area contributed by atoms with Crippen LogP contribution in [0.1, 0.15) is 50.7 Å². The van der Waals surface area contributed by atoms with E-state index in [4.69, 9.17) is 4.52 Å². The Hall–Kier alpha value is -2.12. The molecule has 0 aromatic carbocycles. The number of carbonyl (C=O) groups excluding carboxylic acids is 2. The highest BCUT2D eigenvalue weighted by molar-refractivity contribution is 5.79. The molecule has 1 atom stereocenters. The van der Waals surface area contributed by atoms with Gasteiger partial charge in [0.15, 0.2) is 5.82 Å². The molecule has 1 aromatic heterocycles. The summed E-state index contributed by atoms with van der Waals surface area (Å²) in [5.41, 5.74) is 0. The third kappa shape index (κ3) is 4.53. The smallest absolute Gasteiger partial charge is 0.317 e. The van der Waals surface area contributed by atoms with Crippen molar-refractivity contribution < 1.29 is 14.1 Å². The van der Waals surface area contributed by atoms with E-state index >= 15 is 0 Å². The van der Waals surface area contributed by atoms with Gasteiger partial charge in [-0.3, -0.25) is 4.79 Å². The number of aryl methyl sites for hydroxylation is 1. The molecule has 2 heterocycles. The minimum absolute atomic E-state index is 0.129. The molecule has 3 rings (SSSR count). The van der Waals surface area contributed by atoms with Gasteiger partial charge in [-0.1, -0.05) is 24.9 Å². The molecule has 0 radical (unpaired) electrons. The van der Waals surface area contributed by atoms with Crippen LogP contribution in [-0.2, 0) is 17.6 Å². The van der Waals surface area contributed by atoms with E-state index in [-0.39, 0.29) is 17.9 Å². The molecule has 2 aliphatic rings. The number of hydrogen-bond donors (Lipinski definition) is 1. The van der Waals surface area contributed by atoms with E-state index in [1.807, 2.05) is 11.8 Å². The Labute approximate surface area is 154 Å². The fraction of sp³-hybridized carbons (Fsp3) is 0.778. The molecule has 1 saturated heterocycles. The van der Waals surface area contributed by atoms with E-state index < -0.39 is 0 Å². The van der Waals surface area contributed by atoms with Crippen molar-refractivity contribution in [1.82, 2.24) is 25.3 Å². The van der Waals surface area contributed by atoms with E-state index in [1.165, 1.54) is 12.8 Å². The summed E-state index contributed by atoms with van der Waals surface area (Å²) in [6, 6.07) is 0.297. The number of nitrogens with one attached hydrogen (secondary N) is 1. The molecule has 2 fully saturated rings. The van der Waals surface area contributed by atoms with Crippen molar-refractivity contribution in [1.29, 1.82) is 0 Å². The monoisotopic (exact) mass is 363 g/mol. The van der Waals surface area contributed by atoms with Crippen LogP contribution in [0.4, 0.5) is 4.79 Å². The summed E-state index contributed by atoms with van der Waals surface area (Å²) >= 11 is 0. The topological polar surface area (TPSA) is 91.6 Å². The van der Waals surface area contributed by atoms with E-state index in [2.05, 4.69) is 15.5 Å². The van der Waals surface area contributed by atoms with Gasteiger partial charge in [-0.15, -0.1) is 0 Å². The van der Waals surface area contributed by atoms with Crippen LogP contribution in [0, 0.1) is 5.92 Å². The average molecular weight is 363 g/mol. The zero-order valence-corrected chi connectivity index (χ0v) is 15.7. The first kappa shape index (κ1) is 18.7. The second kappa shape index (κ2) is 8.51. The Kier molecular flexibility index (Phi) is 6.11. The van der Waals surface area contributed by atoms with Crippen LogP contribution in [-0.4, -0.2) is 64.6 Å². The van der Waals surface area contributed by atoms with Crippen molar-refractivity contribution in [2.75, 3.05) is 26.7 Å². The van der Waals surface area contributed by atoms with Gasteiger partial charge in [0.05, 0.1) is 0 Å². The van der Waals surface area contributed by atoms with Crippen LogP contribution in [0.15, 0.2) is 4.52 Å². The Morgan fingerprint density at radius 3 is 2.85 bits per heavy atom. The van der Waals surface area contributed by atoms with Crippen molar-refractivity contribution >= 4 is 11.9 Å². The third-order valence-corrected chi connectivity index (χ3v) is 5.32. The Bertz CT molecular complexity index is 626. The molecule has 8 heteroatoms. The highest BCUT2D eigenvalue weighted by atomic mass is 16.5. The van der Waals surface area contributed by atoms with Crippen molar-refractivity contribution in [3.05, 3.63) is 11.7 Å². The minimum Gasteiger partial charge on any atom is -0.339 e. The van der Waals surface area contributed by atoms with Crippen LogP contribution in [0.3, 0.4) is 0 Å². The molecular weight excluding hydrogens is 334 g/mol. The molecular formula is C18H29N5O3. The Morgan fingerprint density at radius 2 is 2.15 bits per heavy atom. The highest BCUT2D eigenvalue weighted by Gasteiger charge is 2.36. The predicted molar refractivity (Wildman–Crippen MR) is 95.5 cm³/mol. The van der Waals surface area contributed by atoms with Crippen LogP contribution >= 0.6 is 0 Å². The van der Waals surface area contributed by atoms with Gasteiger partial charge in [-0.25, -0.2) is 4.79 Å². The van der Waals surface area contributed by atoms with Gasteiger partial charge in [0, 0.05) is 57.9 Å². The molecule has 8 nitrogen and oxygen atoms in total. The second-order valence-corrected chi connectivity index (χ2v) is 7.37. The summed E-state index contributed by atoms with van der Waals surface area (Å²) in [5.74, 6) is 1.70. The van der Waals surface area contributed by atoms with Crippen LogP contribution < -0.4 is 5.32 Å². The number of carbonyl (C=O) groups is 2. The molecule has 144 valence electrons. The third-order valence-electron chi connectivity index (χ3n) is 5.32. The Morgan fingerprint density at radius 1 is 1.38 bits per heavy atom. The van der Waals surface area contributed by atoms with Gasteiger partial charge in [-0.2, -0.15) is 4.98 Å². The van der Waals surface area contributed by atoms with Gasteiger partial charge in [0.1, 0.15) is 0 Å². The zero-order chi connectivity index (χ0) is 18.5. The summed E-state index contributed by atoms with van der Waals surface area (Å²) in [5, 5.41) is 6.75. The number of amides is 3. The van der Waals surface area contributed by atoms with Gasteiger partial charge < -0.3 is 19.6 Å². The van der Waals surface area contributed by atoms with Gasteiger partial charge in [0.25, 0.3) is 0 Å². The minimum atomic E-state index is -0.129. The lowest BCUT2D eigenvalue weighted by Crippen LogP contribution is -2.41. The standard InChI is InChI=1S/C18H29N5O3/c1-3-16-20-15(21-26-16)8-9-19-18(25)22(2)11-13-10-17(24)23(12-13)14-6-4-5-7-14/h13-14H,3-12H2,1-2H3,(H,19,25)/t13-/m1/s1. The zero-order valence-electron chi connectivity index (χ0n) is 15.7. The molecule has 1 saturated carbocycles. The summed E-state index contributed by atoms with van der Waals surface area (Å²) in [4.78, 5) is 32.5. The number of aromatic nitrogens is 2. The normalized spacial score (nSPS) is 20.8. The summed E-state index contributed by atoms with van der Waals surface area (Å²) in [6.45, 7) is 3.80. The van der Waals surface area contributed by atoms with Crippen molar-refractivity contribution in [2.45, 2.75) is 57.9 Å². The summed E-state index contributed by atoms with van der Waals surface area (Å²) in [6.07, 6.45) is 6.51. The van der Waals surface area contributed by atoms with Gasteiger partial charge in [0.2, 0.25) is 11.8 Å². The predicted octanol–water partition coefficient (Wildman–Crippen LogP) is 1.61. The first-order chi connectivity index (χ1) is 12.6. The number of hydrogen-bond acceptors (Lipinski definition) is 5. The van der Waals surface area contributed by atoms with E-state index in [1.54, 1.807) is 11.9 Å². The molecule has 1 aliphatic heterocycles. The maximum atomic E-state index is 12.3. The average Bonchev–Trinajstić information content (AvgIpc) is 3.35. The number of nitrogens with zero attached hydrogens (tertiary/aromatic N) is 4. The van der Waals surface area contributed by atoms with Gasteiger partial charge >= 0.3 is 6.03 Å². The van der Waals surface area contributed by atoms with Crippen molar-refractivity contribution in [3.63, 3.8) is 0 Å². The van der Waals surface area contributed by atoms with Crippen LogP contribution in [0.5, 0.6) is 0 Å². The van der Waals surface area contributed by atoms with E-state index in [0.717, 1.165) is 19.4 Å². The largest absolute Gasteiger partial charge is 0.339 e. The lowest BCUT2D eigenvalue weighted by atomic mass is 10.1. The van der Waals surface area contributed by atoms with Crippen LogP contribution in [0.2, 0.25) is 0 Å². The number of rotatable bonds is 7. The highest BCUT2D eigenvalue weighted by Crippen LogP contribution is 2.29. The van der Waals surface area contributed by atoms with Crippen molar-refractivity contribution in [3.8, 4) is 0 Å². The molecule has 26 heavy (non-hydrogen) atoms. The van der Waals surface area contributed by atoms with Gasteiger partial charge in [-0.05, 0) is 12.8 Å². The summed E-state index contributed by atoms with van der Waals surface area (Å²) in [7, 11) is 1.78. The quantitative estimate of drug-likeness (QED) is 0.795. The van der Waals surface area contributed by atoms with E-state index in [9.17, 15) is 9.59 Å². The second-order valence-electron chi connectivity index (χ2n) is 7.37. The van der Waals surface area contributed by atoms with E-state index in [0.29, 0.717) is 50.1 Å². The maximum Gasteiger partial charge on any atom is 0.317 e. The molecule has 0 spiro atoms. The van der Waals surface area contributed by atoms with Crippen LogP contribution in [0.25, 0.3) is 0 Å². The molecule has 1 aromatic rings. The summed E-state index contributed by atoms with van der Waals surface area (Å²) < 4.78 is 5.05. The maximum absolute atomic E-state index is 12.3. The fourth-order valence-electron chi connectivity index (χ4n) is 3.92. The SMILES string of the molecule is CCc1nc(CCNC(=O)N(C)C[C@H]2CC(=O)N(C3CCCC3)C2)no1. The fourth-order valence-corrected chi connectivity index (χ4v) is 3.92. The molecule has 0 bridgehead atoms. The number of urea groups is 1. The first-order valence-electron chi connectivity index (χ1n) is 9.66. The molecule has 1 N–H and O–H groups in total. The van der Waals surface area contributed by atoms with Crippen molar-refractivity contribution in [2.24, 2.45) is 5.92 Å². The lowest BCUT2D eigenvalue weighted by molar-refractivity contribution is -0.129. The lowest BCUT2D eigenvalue weighted by Gasteiger charge is -2.25. The Balaban J connectivity index is 1.39.